The highest BCUT2D eigenvalue weighted by molar-refractivity contribution is 6.32. The SMILES string of the molecule is C=CC(=O)Nc1cc(Nc2nccc(Nc3ccc(OCc4ccccn4)c(Cl)c3)n2)c(OC)cc1N(C)CCN(C)C. The van der Waals surface area contributed by atoms with Crippen molar-refractivity contribution in [1.82, 2.24) is 19.9 Å². The molecule has 0 saturated heterocycles. The number of methoxy groups -OCH3 is 1. The molecule has 2 aromatic heterocycles. The van der Waals surface area contributed by atoms with Gasteiger partial charge in [0.2, 0.25) is 11.9 Å². The van der Waals surface area contributed by atoms with Crippen molar-refractivity contribution >= 4 is 52.0 Å². The van der Waals surface area contributed by atoms with E-state index in [1.807, 2.05) is 56.4 Å². The fraction of sp³-hybridized carbons (Fsp3) is 0.226. The Labute approximate surface area is 256 Å². The lowest BCUT2D eigenvalue weighted by molar-refractivity contribution is -0.111. The van der Waals surface area contributed by atoms with Gasteiger partial charge in [0.05, 0.1) is 34.9 Å². The van der Waals surface area contributed by atoms with Gasteiger partial charge in [0, 0.05) is 44.3 Å². The molecule has 2 heterocycles. The van der Waals surface area contributed by atoms with Crippen molar-refractivity contribution in [2.75, 3.05) is 62.2 Å². The number of benzene rings is 2. The van der Waals surface area contributed by atoms with Crippen molar-refractivity contribution in [1.29, 1.82) is 0 Å². The number of hydrogen-bond donors (Lipinski definition) is 3. The average molecular weight is 603 g/mol. The maximum Gasteiger partial charge on any atom is 0.247 e. The number of amides is 1. The van der Waals surface area contributed by atoms with Gasteiger partial charge in [-0.15, -0.1) is 0 Å². The molecular weight excluding hydrogens is 568 g/mol. The normalized spacial score (nSPS) is 10.7. The number of anilines is 6. The fourth-order valence-corrected chi connectivity index (χ4v) is 4.23. The van der Waals surface area contributed by atoms with Crippen molar-refractivity contribution in [3.05, 3.63) is 90.4 Å². The molecule has 4 aromatic rings. The largest absolute Gasteiger partial charge is 0.494 e. The number of nitrogens with zero attached hydrogens (tertiary/aromatic N) is 5. The van der Waals surface area contributed by atoms with E-state index >= 15 is 0 Å². The number of ether oxygens (including phenoxy) is 2. The fourth-order valence-electron chi connectivity index (χ4n) is 3.99. The number of carbonyl (C=O) groups excluding carboxylic acids is 1. The van der Waals surface area contributed by atoms with Crippen molar-refractivity contribution in [2.45, 2.75) is 6.61 Å². The molecule has 3 N–H and O–H groups in total. The lowest BCUT2D eigenvalue weighted by Gasteiger charge is -2.26. The molecule has 4 rings (SSSR count). The Morgan fingerprint density at radius 3 is 2.51 bits per heavy atom. The van der Waals surface area contributed by atoms with Gasteiger partial charge in [0.25, 0.3) is 0 Å². The zero-order valence-electron chi connectivity index (χ0n) is 24.6. The van der Waals surface area contributed by atoms with E-state index in [9.17, 15) is 4.79 Å². The number of carbonyl (C=O) groups is 1. The molecule has 11 nitrogen and oxygen atoms in total. The number of nitrogens with one attached hydrogen (secondary N) is 3. The number of halogens is 1. The molecule has 0 fully saturated rings. The molecule has 43 heavy (non-hydrogen) atoms. The molecule has 1 amide bonds. The van der Waals surface area contributed by atoms with Gasteiger partial charge in [0.15, 0.2) is 0 Å². The van der Waals surface area contributed by atoms with Gasteiger partial charge in [-0.25, -0.2) is 4.98 Å². The minimum atomic E-state index is -0.326. The molecule has 0 bridgehead atoms. The highest BCUT2D eigenvalue weighted by Crippen LogP contribution is 2.38. The summed E-state index contributed by atoms with van der Waals surface area (Å²) in [4.78, 5) is 29.6. The van der Waals surface area contributed by atoms with Crippen LogP contribution in [0.15, 0.2) is 79.6 Å². The van der Waals surface area contributed by atoms with Crippen molar-refractivity contribution in [3.63, 3.8) is 0 Å². The summed E-state index contributed by atoms with van der Waals surface area (Å²) in [6, 6.07) is 16.4. The van der Waals surface area contributed by atoms with Gasteiger partial charge >= 0.3 is 0 Å². The second-order valence-corrected chi connectivity index (χ2v) is 10.2. The number of aromatic nitrogens is 3. The number of pyridine rings is 1. The second-order valence-electron chi connectivity index (χ2n) is 9.76. The first-order chi connectivity index (χ1) is 20.7. The topological polar surface area (TPSA) is 117 Å². The Morgan fingerprint density at radius 2 is 1.81 bits per heavy atom. The third-order valence-electron chi connectivity index (χ3n) is 6.26. The van der Waals surface area contributed by atoms with Gasteiger partial charge in [0.1, 0.15) is 23.9 Å². The molecule has 0 spiro atoms. The van der Waals surface area contributed by atoms with Crippen molar-refractivity contribution in [3.8, 4) is 11.5 Å². The summed E-state index contributed by atoms with van der Waals surface area (Å²) < 4.78 is 11.5. The first-order valence-electron chi connectivity index (χ1n) is 13.5. The molecule has 0 saturated carbocycles. The van der Waals surface area contributed by atoms with E-state index in [0.29, 0.717) is 46.3 Å². The van der Waals surface area contributed by atoms with Gasteiger partial charge in [-0.05, 0) is 62.6 Å². The average Bonchev–Trinajstić information content (AvgIpc) is 3.00. The maximum atomic E-state index is 12.3. The van der Waals surface area contributed by atoms with Crippen LogP contribution in [-0.2, 0) is 11.4 Å². The molecule has 0 radical (unpaired) electrons. The Morgan fingerprint density at radius 1 is 0.977 bits per heavy atom. The van der Waals surface area contributed by atoms with Gasteiger partial charge in [-0.1, -0.05) is 24.2 Å². The summed E-state index contributed by atoms with van der Waals surface area (Å²) in [5, 5.41) is 9.78. The van der Waals surface area contributed by atoms with Crippen LogP contribution in [0.4, 0.5) is 34.5 Å². The second kappa shape index (κ2) is 14.9. The van der Waals surface area contributed by atoms with Crippen molar-refractivity contribution < 1.29 is 14.3 Å². The summed E-state index contributed by atoms with van der Waals surface area (Å²) in [7, 11) is 7.55. The third-order valence-corrected chi connectivity index (χ3v) is 6.56. The van der Waals surface area contributed by atoms with E-state index in [1.54, 1.807) is 43.8 Å². The van der Waals surface area contributed by atoms with E-state index in [4.69, 9.17) is 21.1 Å². The molecule has 2 aromatic carbocycles. The first-order valence-corrected chi connectivity index (χ1v) is 13.8. The lowest BCUT2D eigenvalue weighted by atomic mass is 10.2. The van der Waals surface area contributed by atoms with E-state index in [0.717, 1.165) is 30.2 Å². The molecule has 224 valence electrons. The van der Waals surface area contributed by atoms with Gasteiger partial charge in [-0.2, -0.15) is 4.98 Å². The van der Waals surface area contributed by atoms with Crippen LogP contribution in [0.5, 0.6) is 11.5 Å². The van der Waals surface area contributed by atoms with Crippen LogP contribution in [0.2, 0.25) is 5.02 Å². The minimum Gasteiger partial charge on any atom is -0.494 e. The lowest BCUT2D eigenvalue weighted by Crippen LogP contribution is -2.29. The van der Waals surface area contributed by atoms with Gasteiger partial charge < -0.3 is 35.2 Å². The summed E-state index contributed by atoms with van der Waals surface area (Å²) in [5.74, 6) is 1.63. The maximum absolute atomic E-state index is 12.3. The molecule has 0 atom stereocenters. The zero-order valence-corrected chi connectivity index (χ0v) is 25.4. The van der Waals surface area contributed by atoms with Gasteiger partial charge in [-0.3, -0.25) is 9.78 Å². The predicted octanol–water partition coefficient (Wildman–Crippen LogP) is 5.72. The standard InChI is InChI=1S/C31H35ClN8O3/c1-6-30(41)36-24-18-25(28(42-5)19-26(24)40(4)16-15-39(2)3)37-31-34-14-12-29(38-31)35-21-10-11-27(23(32)17-21)43-20-22-9-7-8-13-33-22/h6-14,17-19H,1,15-16,20H2,2-5H3,(H,36,41)(H2,34,35,37,38). The van der Waals surface area contributed by atoms with Crippen molar-refractivity contribution in [2.24, 2.45) is 0 Å². The number of hydrogen-bond acceptors (Lipinski definition) is 10. The first kappa shape index (κ1) is 31.1. The highest BCUT2D eigenvalue weighted by Gasteiger charge is 2.17. The monoisotopic (exact) mass is 602 g/mol. The zero-order chi connectivity index (χ0) is 30.8. The van der Waals surface area contributed by atoms with Crippen LogP contribution < -0.4 is 30.3 Å². The smallest absolute Gasteiger partial charge is 0.247 e. The predicted molar refractivity (Wildman–Crippen MR) is 172 cm³/mol. The molecule has 0 unspecified atom stereocenters. The van der Waals surface area contributed by atoms with Crippen LogP contribution in [-0.4, -0.2) is 67.1 Å². The third kappa shape index (κ3) is 8.81. The summed E-state index contributed by atoms with van der Waals surface area (Å²) >= 11 is 6.48. The molecular formula is C31H35ClN8O3. The Hall–Kier alpha value is -4.87. The van der Waals surface area contributed by atoms with E-state index in [-0.39, 0.29) is 5.91 Å². The van der Waals surface area contributed by atoms with Crippen LogP contribution in [0.3, 0.4) is 0 Å². The minimum absolute atomic E-state index is 0.310. The Balaban J connectivity index is 1.51. The molecule has 0 aliphatic heterocycles. The highest BCUT2D eigenvalue weighted by atomic mass is 35.5. The molecule has 0 aliphatic carbocycles. The summed E-state index contributed by atoms with van der Waals surface area (Å²) in [6.07, 6.45) is 4.57. The Bertz CT molecular complexity index is 1550. The summed E-state index contributed by atoms with van der Waals surface area (Å²) in [6.45, 7) is 5.44. The van der Waals surface area contributed by atoms with E-state index in [2.05, 4.69) is 42.4 Å². The quantitative estimate of drug-likeness (QED) is 0.155. The molecule has 12 heteroatoms. The van der Waals surface area contributed by atoms with Crippen LogP contribution >= 0.6 is 11.6 Å². The van der Waals surface area contributed by atoms with Crippen LogP contribution in [0.25, 0.3) is 0 Å². The van der Waals surface area contributed by atoms with E-state index in [1.165, 1.54) is 6.08 Å². The summed E-state index contributed by atoms with van der Waals surface area (Å²) in [5.41, 5.74) is 3.47. The van der Waals surface area contributed by atoms with Crippen LogP contribution in [0.1, 0.15) is 5.69 Å². The number of likely N-dealkylation sites (N-methyl/N-ethyl adjacent to an activating group) is 2. The molecule has 0 aliphatic rings. The van der Waals surface area contributed by atoms with Crippen LogP contribution in [0, 0.1) is 0 Å². The number of rotatable bonds is 14. The Kier molecular flexibility index (Phi) is 10.7. The van der Waals surface area contributed by atoms with E-state index < -0.39 is 0 Å².